The molecule has 0 spiro atoms. The maximum atomic E-state index is 12.6. The minimum absolute atomic E-state index is 0.0890. The highest BCUT2D eigenvalue weighted by Crippen LogP contribution is 2.32. The number of nitrogens with one attached hydrogen (secondary N) is 1. The van der Waals surface area contributed by atoms with E-state index in [4.69, 9.17) is 0 Å². The molecule has 2 unspecified atom stereocenters. The van der Waals surface area contributed by atoms with Crippen molar-refractivity contribution in [3.63, 3.8) is 0 Å². The van der Waals surface area contributed by atoms with Crippen LogP contribution in [0.25, 0.3) is 0 Å². The number of nitrogens with zero attached hydrogens (tertiary/aromatic N) is 1. The number of hydrogen-bond acceptors (Lipinski definition) is 3. The molecule has 20 heavy (non-hydrogen) atoms. The Kier molecular flexibility index (Phi) is 6.69. The molecule has 1 amide bonds. The number of thioether (sulfide) groups is 1. The Morgan fingerprint density at radius 1 is 1.30 bits per heavy atom. The molecule has 0 radical (unpaired) electrons. The third-order valence-corrected chi connectivity index (χ3v) is 5.41. The van der Waals surface area contributed by atoms with Crippen LogP contribution in [0.5, 0.6) is 0 Å². The average molecular weight is 298 g/mol. The van der Waals surface area contributed by atoms with Gasteiger partial charge in [-0.3, -0.25) is 10.1 Å². The summed E-state index contributed by atoms with van der Waals surface area (Å²) in [5.74, 6) is 2.27. The van der Waals surface area contributed by atoms with Gasteiger partial charge in [0.25, 0.3) is 0 Å². The molecule has 0 aromatic rings. The molecule has 1 saturated heterocycles. The monoisotopic (exact) mass is 298 g/mol. The molecular formula is C16H30N2OS. The predicted molar refractivity (Wildman–Crippen MR) is 86.9 cm³/mol. The van der Waals surface area contributed by atoms with Gasteiger partial charge < -0.3 is 4.90 Å². The molecule has 1 aliphatic carbocycles. The van der Waals surface area contributed by atoms with Gasteiger partial charge in [-0.2, -0.15) is 11.8 Å². The molecule has 116 valence electrons. The lowest BCUT2D eigenvalue weighted by molar-refractivity contribution is -0.130. The summed E-state index contributed by atoms with van der Waals surface area (Å²) in [6, 6.07) is 0.0890. The Balaban J connectivity index is 1.93. The van der Waals surface area contributed by atoms with Gasteiger partial charge >= 0.3 is 0 Å². The number of unbranched alkanes of at least 4 members (excludes halogenated alkanes) is 1. The number of carbonyl (C=O) groups is 1. The van der Waals surface area contributed by atoms with Gasteiger partial charge in [0.05, 0.1) is 12.2 Å². The van der Waals surface area contributed by atoms with Crippen molar-refractivity contribution in [1.29, 1.82) is 0 Å². The van der Waals surface area contributed by atoms with Crippen molar-refractivity contribution in [2.45, 2.75) is 70.5 Å². The van der Waals surface area contributed by atoms with Crippen LogP contribution in [0.4, 0.5) is 0 Å². The van der Waals surface area contributed by atoms with Gasteiger partial charge in [-0.05, 0) is 50.0 Å². The molecule has 0 aromatic carbocycles. The molecule has 0 bridgehead atoms. The van der Waals surface area contributed by atoms with Crippen molar-refractivity contribution in [1.82, 2.24) is 10.2 Å². The summed E-state index contributed by atoms with van der Waals surface area (Å²) in [6.07, 6.45) is 12.2. The summed E-state index contributed by atoms with van der Waals surface area (Å²) < 4.78 is 0. The zero-order chi connectivity index (χ0) is 14.4. The SMILES string of the molecule is CCCC1NC(C2CCCC2)N(CCCCSC)C1=O. The predicted octanol–water partition coefficient (Wildman–Crippen LogP) is 3.25. The van der Waals surface area contributed by atoms with Gasteiger partial charge in [0.15, 0.2) is 0 Å². The minimum Gasteiger partial charge on any atom is -0.326 e. The maximum absolute atomic E-state index is 12.6. The number of hydrogen-bond donors (Lipinski definition) is 1. The summed E-state index contributed by atoms with van der Waals surface area (Å²) in [5, 5.41) is 3.65. The van der Waals surface area contributed by atoms with E-state index in [2.05, 4.69) is 23.4 Å². The van der Waals surface area contributed by atoms with E-state index < -0.39 is 0 Å². The summed E-state index contributed by atoms with van der Waals surface area (Å²) in [6.45, 7) is 3.12. The first-order valence-electron chi connectivity index (χ1n) is 8.33. The van der Waals surface area contributed by atoms with E-state index in [9.17, 15) is 4.79 Å². The van der Waals surface area contributed by atoms with E-state index in [-0.39, 0.29) is 6.04 Å². The molecular weight excluding hydrogens is 268 g/mol. The first-order valence-corrected chi connectivity index (χ1v) is 9.72. The summed E-state index contributed by atoms with van der Waals surface area (Å²) in [7, 11) is 0. The number of rotatable bonds is 8. The van der Waals surface area contributed by atoms with Crippen LogP contribution in [0, 0.1) is 5.92 Å². The van der Waals surface area contributed by atoms with Crippen LogP contribution in [0.15, 0.2) is 0 Å². The fourth-order valence-electron chi connectivity index (χ4n) is 3.64. The van der Waals surface area contributed by atoms with Gasteiger partial charge in [0.1, 0.15) is 0 Å². The zero-order valence-electron chi connectivity index (χ0n) is 13.1. The van der Waals surface area contributed by atoms with Crippen LogP contribution < -0.4 is 5.32 Å². The van der Waals surface area contributed by atoms with Crippen LogP contribution in [-0.4, -0.2) is 41.6 Å². The van der Waals surface area contributed by atoms with Crippen molar-refractivity contribution in [3.05, 3.63) is 0 Å². The van der Waals surface area contributed by atoms with Gasteiger partial charge in [-0.1, -0.05) is 26.2 Å². The van der Waals surface area contributed by atoms with Gasteiger partial charge in [-0.15, -0.1) is 0 Å². The van der Waals surface area contributed by atoms with Gasteiger partial charge in [-0.25, -0.2) is 0 Å². The Morgan fingerprint density at radius 3 is 2.70 bits per heavy atom. The van der Waals surface area contributed by atoms with Crippen LogP contribution in [0.2, 0.25) is 0 Å². The summed E-state index contributed by atoms with van der Waals surface area (Å²) >= 11 is 1.90. The van der Waals surface area contributed by atoms with E-state index in [1.165, 1.54) is 37.9 Å². The van der Waals surface area contributed by atoms with Crippen molar-refractivity contribution < 1.29 is 4.79 Å². The van der Waals surface area contributed by atoms with Crippen LogP contribution in [0.3, 0.4) is 0 Å². The number of carbonyl (C=O) groups excluding carboxylic acids is 1. The lowest BCUT2D eigenvalue weighted by Crippen LogP contribution is -2.43. The first kappa shape index (κ1) is 16.2. The quantitative estimate of drug-likeness (QED) is 0.698. The minimum atomic E-state index is 0.0890. The van der Waals surface area contributed by atoms with Crippen molar-refractivity contribution in [2.24, 2.45) is 5.92 Å². The third kappa shape index (κ3) is 3.91. The molecule has 1 saturated carbocycles. The van der Waals surface area contributed by atoms with Crippen LogP contribution in [0.1, 0.15) is 58.3 Å². The molecule has 1 heterocycles. The lowest BCUT2D eigenvalue weighted by atomic mass is 10.0. The van der Waals surface area contributed by atoms with E-state index >= 15 is 0 Å². The topological polar surface area (TPSA) is 32.3 Å². The molecule has 1 N–H and O–H groups in total. The van der Waals surface area contributed by atoms with Crippen molar-refractivity contribution in [3.8, 4) is 0 Å². The molecule has 1 aliphatic heterocycles. The summed E-state index contributed by atoms with van der Waals surface area (Å²) in [5.41, 5.74) is 0. The van der Waals surface area contributed by atoms with E-state index in [1.807, 2.05) is 11.8 Å². The normalized spacial score (nSPS) is 27.7. The molecule has 2 rings (SSSR count). The molecule has 2 atom stereocenters. The number of amides is 1. The fourth-order valence-corrected chi connectivity index (χ4v) is 4.13. The molecule has 3 nitrogen and oxygen atoms in total. The Hall–Kier alpha value is -0.220. The fraction of sp³-hybridized carbons (Fsp3) is 0.938. The third-order valence-electron chi connectivity index (χ3n) is 4.71. The molecule has 2 fully saturated rings. The largest absolute Gasteiger partial charge is 0.326 e. The highest BCUT2D eigenvalue weighted by molar-refractivity contribution is 7.98. The second kappa shape index (κ2) is 8.28. The van der Waals surface area contributed by atoms with Crippen LogP contribution >= 0.6 is 11.8 Å². The highest BCUT2D eigenvalue weighted by Gasteiger charge is 2.42. The van der Waals surface area contributed by atoms with E-state index in [0.29, 0.717) is 18.0 Å². The van der Waals surface area contributed by atoms with E-state index in [1.54, 1.807) is 0 Å². The summed E-state index contributed by atoms with van der Waals surface area (Å²) in [4.78, 5) is 14.8. The zero-order valence-corrected chi connectivity index (χ0v) is 13.9. The molecule has 0 aromatic heterocycles. The van der Waals surface area contributed by atoms with Crippen molar-refractivity contribution >= 4 is 17.7 Å². The van der Waals surface area contributed by atoms with Crippen LogP contribution in [-0.2, 0) is 4.79 Å². The second-order valence-electron chi connectivity index (χ2n) is 6.23. The standard InChI is InChI=1S/C16H30N2OS/c1-3-8-14-16(19)18(11-6-7-12-20-2)15(17-14)13-9-4-5-10-13/h13-15,17H,3-12H2,1-2H3. The molecule has 2 aliphatic rings. The smallest absolute Gasteiger partial charge is 0.241 e. The Morgan fingerprint density at radius 2 is 2.05 bits per heavy atom. The van der Waals surface area contributed by atoms with E-state index in [0.717, 1.165) is 25.8 Å². The Bertz CT molecular complexity index is 305. The average Bonchev–Trinajstić information content (AvgIpc) is 3.06. The lowest BCUT2D eigenvalue weighted by Gasteiger charge is -2.29. The van der Waals surface area contributed by atoms with Gasteiger partial charge in [0, 0.05) is 6.54 Å². The van der Waals surface area contributed by atoms with Crippen molar-refractivity contribution in [2.75, 3.05) is 18.6 Å². The molecule has 4 heteroatoms. The Labute approximate surface area is 128 Å². The second-order valence-corrected chi connectivity index (χ2v) is 7.21. The highest BCUT2D eigenvalue weighted by atomic mass is 32.2. The van der Waals surface area contributed by atoms with Gasteiger partial charge in [0.2, 0.25) is 5.91 Å². The maximum Gasteiger partial charge on any atom is 0.241 e. The first-order chi connectivity index (χ1) is 9.77.